The number of hydrogen-bond donors (Lipinski definition) is 3. The molecular formula is C26H22Cl2FN8O2+. The number of tetrazole rings is 1. The number of carbonyl (C=O) groups excluding carboxylic acids is 1. The van der Waals surface area contributed by atoms with Crippen molar-refractivity contribution < 1.29 is 19.0 Å². The Morgan fingerprint density at radius 3 is 2.82 bits per heavy atom. The molecule has 198 valence electrons. The number of H-pyrrole nitrogens is 2. The molecule has 7 rings (SSSR count). The summed E-state index contributed by atoms with van der Waals surface area (Å²) in [6, 6.07) is 6.26. The van der Waals surface area contributed by atoms with E-state index in [0.29, 0.717) is 65.7 Å². The highest BCUT2D eigenvalue weighted by Crippen LogP contribution is 2.46. The molecule has 3 aliphatic rings. The van der Waals surface area contributed by atoms with Crippen LogP contribution in [0.25, 0.3) is 22.5 Å². The number of fused-ring (bicyclic) bond motifs is 1. The van der Waals surface area contributed by atoms with Gasteiger partial charge in [-0.25, -0.2) is 9.37 Å². The lowest BCUT2D eigenvalue weighted by Gasteiger charge is -2.33. The molecule has 39 heavy (non-hydrogen) atoms. The van der Waals surface area contributed by atoms with Crippen molar-refractivity contribution in [2.75, 3.05) is 0 Å². The Labute approximate surface area is 231 Å². The molecule has 4 aromatic rings. The van der Waals surface area contributed by atoms with Gasteiger partial charge in [0.1, 0.15) is 33.1 Å². The van der Waals surface area contributed by atoms with Crippen molar-refractivity contribution in [2.45, 2.75) is 49.8 Å². The number of nitrogens with zero attached hydrogens (tertiary/aromatic N) is 6. The molecule has 1 saturated carbocycles. The third-order valence-corrected chi connectivity index (χ3v) is 8.33. The molecule has 1 amide bonds. The molecule has 0 radical (unpaired) electrons. The molecule has 2 fully saturated rings. The Morgan fingerprint density at radius 1 is 1.21 bits per heavy atom. The first-order valence-electron chi connectivity index (χ1n) is 12.6. The van der Waals surface area contributed by atoms with Crippen molar-refractivity contribution in [3.63, 3.8) is 0 Å². The number of halogens is 3. The van der Waals surface area contributed by atoms with Crippen LogP contribution in [0.4, 0.5) is 4.39 Å². The molecule has 5 heterocycles. The van der Waals surface area contributed by atoms with E-state index in [1.54, 1.807) is 23.2 Å². The van der Waals surface area contributed by atoms with E-state index in [2.05, 4.69) is 25.5 Å². The van der Waals surface area contributed by atoms with Crippen LogP contribution in [0.15, 0.2) is 42.9 Å². The minimum absolute atomic E-state index is 0.0345. The molecule has 10 nitrogen and oxygen atoms in total. The number of amides is 1. The fraction of sp³-hybridized carbons (Fsp3) is 0.308. The summed E-state index contributed by atoms with van der Waals surface area (Å²) in [5.41, 5.74) is 2.26. The summed E-state index contributed by atoms with van der Waals surface area (Å²) in [5.74, 6) is -0.258. The molecule has 0 bridgehead atoms. The van der Waals surface area contributed by atoms with Crippen molar-refractivity contribution in [1.29, 1.82) is 0 Å². The standard InChI is InChI=1S/C26H21Cl2FN8O2/c27-16-2-4-17(36-12-31-34-35-36)21(22(16)29)14-9-15-1-3-18(37(15)20(38)11-14)25-32-23(24(28)33-25)13-5-8-30-19(10-13)26(39)6-7-26/h2,4-5,8,10-12,15,18,39H,1,3,6-7,9H2,(H,30,32,33)/p+1/t15-,18-/m1/s1. The van der Waals surface area contributed by atoms with Crippen molar-refractivity contribution >= 4 is 34.7 Å². The number of rotatable bonds is 5. The first-order valence-corrected chi connectivity index (χ1v) is 13.3. The van der Waals surface area contributed by atoms with Crippen molar-refractivity contribution in [1.82, 2.24) is 35.4 Å². The summed E-state index contributed by atoms with van der Waals surface area (Å²) in [5, 5.41) is 20.9. The number of nitrogens with one attached hydrogen (secondary N) is 2. The third-order valence-electron chi connectivity index (χ3n) is 7.77. The third kappa shape index (κ3) is 4.03. The number of pyridine rings is 1. The Bertz CT molecular complexity index is 1650. The fourth-order valence-corrected chi connectivity index (χ4v) is 6.07. The van der Waals surface area contributed by atoms with E-state index in [1.807, 2.05) is 6.07 Å². The van der Waals surface area contributed by atoms with Gasteiger partial charge in [-0.05, 0) is 61.9 Å². The van der Waals surface area contributed by atoms with E-state index in [9.17, 15) is 9.90 Å². The fourth-order valence-electron chi connectivity index (χ4n) is 5.66. The maximum absolute atomic E-state index is 15.3. The Balaban J connectivity index is 1.21. The molecule has 2 aliphatic heterocycles. The lowest BCUT2D eigenvalue weighted by molar-refractivity contribution is -0.660. The molecule has 0 spiro atoms. The number of carbonyl (C=O) groups is 1. The SMILES string of the molecule is O=C1C=C(c2c(-[n+]3cnn[nH]3)ccc(Cl)c2F)C[C@H]2CC[C@H](c3nc(-c4ccnc(C5(O)CC5)c4)c(Cl)[nH]3)N12. The van der Waals surface area contributed by atoms with E-state index in [1.165, 1.54) is 23.2 Å². The highest BCUT2D eigenvalue weighted by Gasteiger charge is 2.44. The van der Waals surface area contributed by atoms with Crippen molar-refractivity contribution in [2.24, 2.45) is 0 Å². The van der Waals surface area contributed by atoms with Gasteiger partial charge in [-0.15, -0.1) is 4.68 Å². The lowest BCUT2D eigenvalue weighted by atomic mass is 9.92. The topological polar surface area (TPSA) is 128 Å². The van der Waals surface area contributed by atoms with Crippen LogP contribution in [0, 0.1) is 5.82 Å². The second-order valence-electron chi connectivity index (χ2n) is 10.2. The van der Waals surface area contributed by atoms with E-state index in [-0.39, 0.29) is 28.6 Å². The van der Waals surface area contributed by atoms with E-state index in [4.69, 9.17) is 28.2 Å². The molecular weight excluding hydrogens is 546 g/mol. The van der Waals surface area contributed by atoms with Gasteiger partial charge in [0.15, 0.2) is 11.0 Å². The van der Waals surface area contributed by atoms with Gasteiger partial charge < -0.3 is 15.0 Å². The Kier molecular flexibility index (Phi) is 5.58. The van der Waals surface area contributed by atoms with Crippen LogP contribution in [0.1, 0.15) is 55.2 Å². The number of aromatic amines is 2. The molecule has 3 aromatic heterocycles. The minimum Gasteiger partial charge on any atom is -0.384 e. The molecule has 3 N–H and O–H groups in total. The van der Waals surface area contributed by atoms with Crippen molar-refractivity contribution in [3.8, 4) is 16.9 Å². The van der Waals surface area contributed by atoms with Crippen LogP contribution in [-0.4, -0.2) is 52.4 Å². The van der Waals surface area contributed by atoms with Gasteiger partial charge in [0.05, 0.1) is 22.3 Å². The van der Waals surface area contributed by atoms with Crippen molar-refractivity contribution in [3.05, 3.63) is 75.9 Å². The maximum atomic E-state index is 15.3. The maximum Gasteiger partial charge on any atom is 0.293 e. The van der Waals surface area contributed by atoms with Crippen LogP contribution in [0.5, 0.6) is 0 Å². The quantitative estimate of drug-likeness (QED) is 0.314. The van der Waals surface area contributed by atoms with Gasteiger partial charge in [-0.1, -0.05) is 28.4 Å². The zero-order valence-electron chi connectivity index (χ0n) is 20.4. The van der Waals surface area contributed by atoms with Crippen LogP contribution >= 0.6 is 23.2 Å². The normalized spacial score (nSPS) is 21.7. The van der Waals surface area contributed by atoms with Gasteiger partial charge in [0.2, 0.25) is 5.91 Å². The molecule has 13 heteroatoms. The Morgan fingerprint density at radius 2 is 2.05 bits per heavy atom. The number of benzene rings is 1. The Hall–Kier alpha value is -3.67. The average molecular weight is 568 g/mol. The van der Waals surface area contributed by atoms with E-state index < -0.39 is 11.4 Å². The molecule has 1 aliphatic carbocycles. The lowest BCUT2D eigenvalue weighted by Crippen LogP contribution is -2.40. The second kappa shape index (κ2) is 8.94. The molecule has 1 aromatic carbocycles. The number of aromatic nitrogens is 7. The monoisotopic (exact) mass is 567 g/mol. The van der Waals surface area contributed by atoms with Crippen LogP contribution < -0.4 is 4.68 Å². The predicted octanol–water partition coefficient (Wildman–Crippen LogP) is 3.81. The largest absolute Gasteiger partial charge is 0.384 e. The zero-order valence-corrected chi connectivity index (χ0v) is 21.9. The summed E-state index contributed by atoms with van der Waals surface area (Å²) in [7, 11) is 0. The number of hydrogen-bond acceptors (Lipinski definition) is 6. The van der Waals surface area contributed by atoms with E-state index in [0.717, 1.165) is 5.56 Å². The van der Waals surface area contributed by atoms with Gasteiger partial charge in [0.25, 0.3) is 6.33 Å². The summed E-state index contributed by atoms with van der Waals surface area (Å²) < 4.78 is 16.8. The van der Waals surface area contributed by atoms with Crippen LogP contribution in [0.2, 0.25) is 10.2 Å². The average Bonchev–Trinajstić information content (AvgIpc) is 3.31. The molecule has 0 unspecified atom stereocenters. The molecule has 2 atom stereocenters. The first-order chi connectivity index (χ1) is 18.8. The molecule has 1 saturated heterocycles. The highest BCUT2D eigenvalue weighted by molar-refractivity contribution is 6.32. The van der Waals surface area contributed by atoms with Gasteiger partial charge in [-0.2, -0.15) is 0 Å². The van der Waals surface area contributed by atoms with Crippen LogP contribution in [0.3, 0.4) is 0 Å². The predicted molar refractivity (Wildman–Crippen MR) is 138 cm³/mol. The summed E-state index contributed by atoms with van der Waals surface area (Å²) in [4.78, 5) is 27.5. The van der Waals surface area contributed by atoms with E-state index >= 15 is 4.39 Å². The number of aliphatic hydroxyl groups is 1. The summed E-state index contributed by atoms with van der Waals surface area (Å²) in [6.45, 7) is 0. The summed E-state index contributed by atoms with van der Waals surface area (Å²) in [6.07, 6.45) is 7.71. The highest BCUT2D eigenvalue weighted by atomic mass is 35.5. The second-order valence-corrected chi connectivity index (χ2v) is 11.0. The van der Waals surface area contributed by atoms with Gasteiger partial charge in [-0.3, -0.25) is 9.78 Å². The first kappa shape index (κ1) is 24.4. The zero-order chi connectivity index (χ0) is 26.9. The smallest absolute Gasteiger partial charge is 0.293 e. The summed E-state index contributed by atoms with van der Waals surface area (Å²) >= 11 is 12.7. The van der Waals surface area contributed by atoms with Crippen LogP contribution in [-0.2, 0) is 10.4 Å². The van der Waals surface area contributed by atoms with Gasteiger partial charge in [0, 0.05) is 23.9 Å². The van der Waals surface area contributed by atoms with Gasteiger partial charge >= 0.3 is 0 Å². The number of imidazole rings is 1. The minimum atomic E-state index is -0.876.